The Bertz CT molecular complexity index is 814. The van der Waals surface area contributed by atoms with Crippen molar-refractivity contribution in [2.24, 2.45) is 0 Å². The van der Waals surface area contributed by atoms with E-state index in [2.05, 4.69) is 4.98 Å². The molecule has 3 rings (SSSR count). The van der Waals surface area contributed by atoms with Gasteiger partial charge in [-0.25, -0.2) is 14.2 Å². The Kier molecular flexibility index (Phi) is 3.27. The molecule has 0 aliphatic heterocycles. The molecule has 0 amide bonds. The lowest BCUT2D eigenvalue weighted by Crippen LogP contribution is -2.02. The highest BCUT2D eigenvalue weighted by molar-refractivity contribution is 5.88. The van der Waals surface area contributed by atoms with Gasteiger partial charge in [0, 0.05) is 6.20 Å². The van der Waals surface area contributed by atoms with Crippen LogP contribution in [0.5, 0.6) is 5.75 Å². The second kappa shape index (κ2) is 5.24. The van der Waals surface area contributed by atoms with E-state index in [4.69, 9.17) is 9.84 Å². The molecule has 0 unspecified atom stereocenters. The van der Waals surface area contributed by atoms with E-state index in [1.807, 2.05) is 0 Å². The second-order valence-electron chi connectivity index (χ2n) is 4.42. The van der Waals surface area contributed by atoms with Crippen LogP contribution in [0.15, 0.2) is 48.8 Å². The number of para-hydroxylation sites is 1. The lowest BCUT2D eigenvalue weighted by Gasteiger charge is -2.07. The number of pyridine rings is 1. The van der Waals surface area contributed by atoms with Crippen molar-refractivity contribution in [1.29, 1.82) is 0 Å². The van der Waals surface area contributed by atoms with Gasteiger partial charge in [-0.2, -0.15) is 0 Å². The lowest BCUT2D eigenvalue weighted by molar-refractivity contribution is 0.0697. The van der Waals surface area contributed by atoms with Crippen LogP contribution in [0.4, 0.5) is 4.39 Å². The van der Waals surface area contributed by atoms with Crippen LogP contribution in [0.1, 0.15) is 16.1 Å². The molecular weight excluding hydrogens is 275 g/mol. The molecule has 2 aromatic heterocycles. The van der Waals surface area contributed by atoms with Crippen LogP contribution >= 0.6 is 0 Å². The molecule has 1 aromatic carbocycles. The Hall–Kier alpha value is -2.89. The number of imidazole rings is 1. The number of benzene rings is 1. The summed E-state index contributed by atoms with van der Waals surface area (Å²) >= 11 is 0. The summed E-state index contributed by atoms with van der Waals surface area (Å²) in [4.78, 5) is 15.0. The van der Waals surface area contributed by atoms with Gasteiger partial charge in [0.2, 0.25) is 0 Å². The number of carboxylic acid groups (broad SMARTS) is 1. The molecule has 0 bridgehead atoms. The minimum absolute atomic E-state index is 0.133. The summed E-state index contributed by atoms with van der Waals surface area (Å²) in [5, 5.41) is 8.93. The quantitative estimate of drug-likeness (QED) is 0.801. The van der Waals surface area contributed by atoms with Gasteiger partial charge in [-0.15, -0.1) is 0 Å². The first-order valence-corrected chi connectivity index (χ1v) is 6.22. The SMILES string of the molecule is O=C(O)c1ccn2c(COc3ccccc3F)cnc2c1. The highest BCUT2D eigenvalue weighted by atomic mass is 19.1. The number of hydrogen-bond acceptors (Lipinski definition) is 3. The van der Waals surface area contributed by atoms with Crippen LogP contribution in [0.25, 0.3) is 5.65 Å². The predicted octanol–water partition coefficient (Wildman–Crippen LogP) is 2.75. The number of aromatic nitrogens is 2. The highest BCUT2D eigenvalue weighted by Gasteiger charge is 2.09. The summed E-state index contributed by atoms with van der Waals surface area (Å²) < 4.78 is 20.6. The number of nitrogens with zero attached hydrogens (tertiary/aromatic N) is 2. The largest absolute Gasteiger partial charge is 0.484 e. The summed E-state index contributed by atoms with van der Waals surface area (Å²) in [5.74, 6) is -1.28. The number of carboxylic acids is 1. The lowest BCUT2D eigenvalue weighted by atomic mass is 10.3. The van der Waals surface area contributed by atoms with Crippen LogP contribution < -0.4 is 4.74 Å². The molecule has 1 N–H and O–H groups in total. The Labute approximate surface area is 119 Å². The van der Waals surface area contributed by atoms with Gasteiger partial charge in [-0.05, 0) is 24.3 Å². The number of aromatic carboxylic acids is 1. The van der Waals surface area contributed by atoms with Crippen molar-refractivity contribution in [2.75, 3.05) is 0 Å². The summed E-state index contributed by atoms with van der Waals surface area (Å²) in [6, 6.07) is 9.08. The average Bonchev–Trinajstić information content (AvgIpc) is 2.88. The van der Waals surface area contributed by atoms with Gasteiger partial charge in [0.1, 0.15) is 12.3 Å². The fourth-order valence-electron chi connectivity index (χ4n) is 1.99. The zero-order valence-electron chi connectivity index (χ0n) is 10.9. The van der Waals surface area contributed by atoms with Crippen molar-refractivity contribution in [3.8, 4) is 5.75 Å². The standard InChI is InChI=1S/C15H11FN2O3/c16-12-3-1-2-4-13(12)21-9-11-8-17-14-7-10(15(19)20)5-6-18(11)14/h1-8H,9H2,(H,19,20). The van der Waals surface area contributed by atoms with Crippen LogP contribution in [-0.4, -0.2) is 20.5 Å². The Morgan fingerprint density at radius 3 is 2.90 bits per heavy atom. The second-order valence-corrected chi connectivity index (χ2v) is 4.42. The predicted molar refractivity (Wildman–Crippen MR) is 72.9 cm³/mol. The number of halogens is 1. The maximum Gasteiger partial charge on any atom is 0.335 e. The van der Waals surface area contributed by atoms with Crippen LogP contribution in [0.3, 0.4) is 0 Å². The number of ether oxygens (including phenoxy) is 1. The third-order valence-corrected chi connectivity index (χ3v) is 3.05. The monoisotopic (exact) mass is 286 g/mol. The maximum atomic E-state index is 13.5. The van der Waals surface area contributed by atoms with Gasteiger partial charge in [-0.1, -0.05) is 12.1 Å². The van der Waals surface area contributed by atoms with E-state index in [9.17, 15) is 9.18 Å². The highest BCUT2D eigenvalue weighted by Crippen LogP contribution is 2.18. The normalized spacial score (nSPS) is 10.7. The molecule has 6 heteroatoms. The molecule has 3 aromatic rings. The van der Waals surface area contributed by atoms with Gasteiger partial charge >= 0.3 is 5.97 Å². The molecule has 106 valence electrons. The molecule has 5 nitrogen and oxygen atoms in total. The summed E-state index contributed by atoms with van der Waals surface area (Å²) in [5.41, 5.74) is 1.36. The summed E-state index contributed by atoms with van der Waals surface area (Å²) in [6.07, 6.45) is 3.17. The van der Waals surface area contributed by atoms with Crippen molar-refractivity contribution in [2.45, 2.75) is 6.61 Å². The first-order valence-electron chi connectivity index (χ1n) is 6.22. The topological polar surface area (TPSA) is 63.8 Å². The van der Waals surface area contributed by atoms with Crippen molar-refractivity contribution in [3.05, 3.63) is 65.9 Å². The zero-order valence-corrected chi connectivity index (χ0v) is 10.9. The molecule has 2 heterocycles. The fraction of sp³-hybridized carbons (Fsp3) is 0.0667. The summed E-state index contributed by atoms with van der Waals surface area (Å²) in [7, 11) is 0. The molecule has 21 heavy (non-hydrogen) atoms. The average molecular weight is 286 g/mol. The van der Waals surface area contributed by atoms with Gasteiger partial charge in [0.25, 0.3) is 0 Å². The minimum Gasteiger partial charge on any atom is -0.484 e. The Morgan fingerprint density at radius 1 is 1.33 bits per heavy atom. The van der Waals surface area contributed by atoms with Crippen molar-refractivity contribution in [1.82, 2.24) is 9.38 Å². The number of rotatable bonds is 4. The van der Waals surface area contributed by atoms with E-state index in [-0.39, 0.29) is 17.9 Å². The van der Waals surface area contributed by atoms with E-state index in [1.54, 1.807) is 35.0 Å². The van der Waals surface area contributed by atoms with Gasteiger partial charge in [0.15, 0.2) is 11.6 Å². The van der Waals surface area contributed by atoms with Gasteiger partial charge in [0.05, 0.1) is 17.5 Å². The van der Waals surface area contributed by atoms with E-state index in [0.717, 1.165) is 0 Å². The van der Waals surface area contributed by atoms with E-state index >= 15 is 0 Å². The number of fused-ring (bicyclic) bond motifs is 1. The third kappa shape index (κ3) is 2.55. The first kappa shape index (κ1) is 13.1. The molecule has 0 radical (unpaired) electrons. The number of carbonyl (C=O) groups is 1. The Morgan fingerprint density at radius 2 is 2.14 bits per heavy atom. The van der Waals surface area contributed by atoms with Crippen molar-refractivity contribution >= 4 is 11.6 Å². The molecule has 0 saturated heterocycles. The zero-order chi connectivity index (χ0) is 14.8. The molecule has 0 aliphatic carbocycles. The maximum absolute atomic E-state index is 13.5. The first-order chi connectivity index (χ1) is 10.1. The molecule has 0 atom stereocenters. The van der Waals surface area contributed by atoms with Gasteiger partial charge < -0.3 is 14.2 Å². The van der Waals surface area contributed by atoms with Crippen LogP contribution in [0, 0.1) is 5.82 Å². The fourth-order valence-corrected chi connectivity index (χ4v) is 1.99. The van der Waals surface area contributed by atoms with E-state index in [1.165, 1.54) is 18.2 Å². The minimum atomic E-state index is -1.01. The van der Waals surface area contributed by atoms with Crippen LogP contribution in [0.2, 0.25) is 0 Å². The van der Waals surface area contributed by atoms with Gasteiger partial charge in [-0.3, -0.25) is 0 Å². The molecule has 0 spiro atoms. The van der Waals surface area contributed by atoms with Crippen molar-refractivity contribution < 1.29 is 19.0 Å². The Balaban J connectivity index is 1.85. The number of hydrogen-bond donors (Lipinski definition) is 1. The van der Waals surface area contributed by atoms with Crippen LogP contribution in [-0.2, 0) is 6.61 Å². The molecule has 0 aliphatic rings. The third-order valence-electron chi connectivity index (χ3n) is 3.05. The van der Waals surface area contributed by atoms with E-state index in [0.29, 0.717) is 11.3 Å². The molecule has 0 fully saturated rings. The van der Waals surface area contributed by atoms with Crippen molar-refractivity contribution in [3.63, 3.8) is 0 Å². The summed E-state index contributed by atoms with van der Waals surface area (Å²) in [6.45, 7) is 0.133. The van der Waals surface area contributed by atoms with E-state index < -0.39 is 11.8 Å². The molecule has 0 saturated carbocycles. The molecular formula is C15H11FN2O3. The smallest absolute Gasteiger partial charge is 0.335 e.